The van der Waals surface area contributed by atoms with Gasteiger partial charge in [-0.2, -0.15) is 18.3 Å². The third-order valence-corrected chi connectivity index (χ3v) is 2.70. The molecule has 2 rings (SSSR count). The second kappa shape index (κ2) is 6.44. The Labute approximate surface area is 115 Å². The molecule has 3 nitrogen and oxygen atoms in total. The lowest BCUT2D eigenvalue weighted by Crippen LogP contribution is -2.32. The zero-order valence-electron chi connectivity index (χ0n) is 10.7. The summed E-state index contributed by atoms with van der Waals surface area (Å²) < 4.78 is 42.2. The number of alkyl halides is 3. The first-order valence-corrected chi connectivity index (χ1v) is 6.09. The van der Waals surface area contributed by atoms with E-state index in [1.165, 1.54) is 18.3 Å². The third-order valence-electron chi connectivity index (χ3n) is 2.70. The molecule has 1 saturated heterocycles. The molecule has 1 heterocycles. The van der Waals surface area contributed by atoms with E-state index in [1.54, 1.807) is 0 Å². The van der Waals surface area contributed by atoms with E-state index in [9.17, 15) is 13.2 Å². The van der Waals surface area contributed by atoms with Gasteiger partial charge in [0.15, 0.2) is 0 Å². The lowest BCUT2D eigenvalue weighted by Gasteiger charge is -2.22. The molecule has 0 spiro atoms. The molecular weight excluding hydrogens is 269 g/mol. The zero-order chi connectivity index (χ0) is 14.4. The molecule has 1 aliphatic heterocycles. The van der Waals surface area contributed by atoms with Crippen molar-refractivity contribution in [2.75, 3.05) is 26.3 Å². The topological polar surface area (TPSA) is 24.8 Å². The fourth-order valence-electron chi connectivity index (χ4n) is 1.64. The number of ether oxygens (including phenoxy) is 1. The largest absolute Gasteiger partial charge is 0.416 e. The SMILES string of the molecule is FC(F)(F)c1ccc(C#C/C=N\N2CCOCC2)cc1. The summed E-state index contributed by atoms with van der Waals surface area (Å²) in [6, 6.07) is 4.73. The van der Waals surface area contributed by atoms with E-state index in [0.717, 1.165) is 25.2 Å². The molecule has 0 atom stereocenters. The van der Waals surface area contributed by atoms with Crippen LogP contribution in [0.2, 0.25) is 0 Å². The number of hydrazone groups is 1. The van der Waals surface area contributed by atoms with E-state index in [1.807, 2.05) is 5.01 Å². The molecule has 1 aromatic rings. The quantitative estimate of drug-likeness (QED) is 0.583. The van der Waals surface area contributed by atoms with E-state index in [4.69, 9.17) is 4.74 Å². The molecule has 0 aromatic heterocycles. The summed E-state index contributed by atoms with van der Waals surface area (Å²) >= 11 is 0. The Balaban J connectivity index is 1.93. The molecule has 0 bridgehead atoms. The van der Waals surface area contributed by atoms with Crippen LogP contribution in [0.3, 0.4) is 0 Å². The average Bonchev–Trinajstić information content (AvgIpc) is 2.44. The highest BCUT2D eigenvalue weighted by molar-refractivity contribution is 5.79. The van der Waals surface area contributed by atoms with Crippen molar-refractivity contribution in [3.05, 3.63) is 35.4 Å². The van der Waals surface area contributed by atoms with Crippen LogP contribution in [-0.4, -0.2) is 37.5 Å². The number of nitrogens with zero attached hydrogens (tertiary/aromatic N) is 2. The van der Waals surface area contributed by atoms with Crippen molar-refractivity contribution >= 4 is 6.21 Å². The highest BCUT2D eigenvalue weighted by Crippen LogP contribution is 2.28. The molecule has 1 aromatic carbocycles. The molecule has 106 valence electrons. The summed E-state index contributed by atoms with van der Waals surface area (Å²) in [5.41, 5.74) is -0.156. The molecule has 20 heavy (non-hydrogen) atoms. The minimum Gasteiger partial charge on any atom is -0.378 e. The van der Waals surface area contributed by atoms with Crippen molar-refractivity contribution in [3.8, 4) is 11.8 Å². The number of benzene rings is 1. The van der Waals surface area contributed by atoms with E-state index in [0.29, 0.717) is 18.8 Å². The fourth-order valence-corrected chi connectivity index (χ4v) is 1.64. The number of rotatable bonds is 1. The van der Waals surface area contributed by atoms with Gasteiger partial charge in [-0.15, -0.1) is 0 Å². The number of hydrogen-bond donors (Lipinski definition) is 0. The van der Waals surface area contributed by atoms with E-state index >= 15 is 0 Å². The van der Waals surface area contributed by atoms with Crippen molar-refractivity contribution in [2.45, 2.75) is 6.18 Å². The van der Waals surface area contributed by atoms with Gasteiger partial charge in [-0.1, -0.05) is 5.92 Å². The molecule has 0 saturated carbocycles. The van der Waals surface area contributed by atoms with Gasteiger partial charge in [0.05, 0.1) is 38.1 Å². The second-order valence-electron chi connectivity index (χ2n) is 4.16. The molecule has 0 aliphatic carbocycles. The van der Waals surface area contributed by atoms with Crippen LogP contribution >= 0.6 is 0 Å². The van der Waals surface area contributed by atoms with Gasteiger partial charge in [-0.3, -0.25) is 5.01 Å². The molecule has 6 heteroatoms. The highest BCUT2D eigenvalue weighted by Gasteiger charge is 2.29. The summed E-state index contributed by atoms with van der Waals surface area (Å²) in [7, 11) is 0. The van der Waals surface area contributed by atoms with Crippen LogP contribution < -0.4 is 0 Å². The van der Waals surface area contributed by atoms with Crippen LogP contribution in [0.15, 0.2) is 29.4 Å². The van der Waals surface area contributed by atoms with E-state index < -0.39 is 11.7 Å². The predicted molar refractivity (Wildman–Crippen MR) is 69.2 cm³/mol. The van der Waals surface area contributed by atoms with Gasteiger partial charge in [0.2, 0.25) is 0 Å². The first-order chi connectivity index (χ1) is 9.55. The van der Waals surface area contributed by atoms with Crippen LogP contribution in [0, 0.1) is 11.8 Å². The van der Waals surface area contributed by atoms with Gasteiger partial charge in [-0.25, -0.2) is 0 Å². The summed E-state index contributed by atoms with van der Waals surface area (Å²) in [5, 5.41) is 5.97. The number of halogens is 3. The molecule has 0 N–H and O–H groups in total. The maximum Gasteiger partial charge on any atom is 0.416 e. The van der Waals surface area contributed by atoms with Crippen molar-refractivity contribution in [3.63, 3.8) is 0 Å². The maximum atomic E-state index is 12.4. The van der Waals surface area contributed by atoms with Gasteiger partial charge < -0.3 is 4.74 Å². The summed E-state index contributed by atoms with van der Waals surface area (Å²) in [6.07, 6.45) is -2.87. The minimum atomic E-state index is -4.32. The average molecular weight is 282 g/mol. The smallest absolute Gasteiger partial charge is 0.378 e. The summed E-state index contributed by atoms with van der Waals surface area (Å²) in [6.45, 7) is 2.73. The van der Waals surface area contributed by atoms with Crippen molar-refractivity contribution < 1.29 is 17.9 Å². The van der Waals surface area contributed by atoms with E-state index in [2.05, 4.69) is 16.9 Å². The molecule has 1 aliphatic rings. The van der Waals surface area contributed by atoms with Crippen LogP contribution in [0.1, 0.15) is 11.1 Å². The standard InChI is InChI=1S/C14H13F3N2O/c15-14(16,17)13-5-3-12(4-6-13)2-1-7-18-19-8-10-20-11-9-19/h3-7H,8-11H2/b18-7-. The van der Waals surface area contributed by atoms with Gasteiger partial charge in [0.1, 0.15) is 0 Å². The van der Waals surface area contributed by atoms with Crippen molar-refractivity contribution in [2.24, 2.45) is 5.10 Å². The Morgan fingerprint density at radius 2 is 1.80 bits per heavy atom. The molecule has 0 amide bonds. The van der Waals surface area contributed by atoms with Crippen LogP contribution in [-0.2, 0) is 10.9 Å². The first-order valence-electron chi connectivity index (χ1n) is 6.09. The lowest BCUT2D eigenvalue weighted by atomic mass is 10.1. The molecular formula is C14H13F3N2O. The van der Waals surface area contributed by atoms with Gasteiger partial charge in [0.25, 0.3) is 0 Å². The van der Waals surface area contributed by atoms with E-state index in [-0.39, 0.29) is 0 Å². The molecule has 0 radical (unpaired) electrons. The summed E-state index contributed by atoms with van der Waals surface area (Å²) in [4.78, 5) is 0. The van der Waals surface area contributed by atoms with Crippen molar-refractivity contribution in [1.82, 2.24) is 5.01 Å². The number of hydrogen-bond acceptors (Lipinski definition) is 3. The zero-order valence-corrected chi connectivity index (χ0v) is 10.7. The Hall–Kier alpha value is -2.00. The monoisotopic (exact) mass is 282 g/mol. The highest BCUT2D eigenvalue weighted by atomic mass is 19.4. The van der Waals surface area contributed by atoms with Gasteiger partial charge in [-0.05, 0) is 30.2 Å². The minimum absolute atomic E-state index is 0.520. The van der Waals surface area contributed by atoms with Crippen LogP contribution in [0.5, 0.6) is 0 Å². The Kier molecular flexibility index (Phi) is 4.64. The normalized spacial score (nSPS) is 16.1. The Bertz CT molecular complexity index is 520. The molecule has 1 fully saturated rings. The second-order valence-corrected chi connectivity index (χ2v) is 4.16. The maximum absolute atomic E-state index is 12.4. The summed E-state index contributed by atoms with van der Waals surface area (Å²) in [5.74, 6) is 5.44. The van der Waals surface area contributed by atoms with Gasteiger partial charge in [0, 0.05) is 5.56 Å². The first kappa shape index (κ1) is 14.4. The van der Waals surface area contributed by atoms with Crippen LogP contribution in [0.25, 0.3) is 0 Å². The Morgan fingerprint density at radius 1 is 1.15 bits per heavy atom. The fraction of sp³-hybridized carbons (Fsp3) is 0.357. The molecule has 0 unspecified atom stereocenters. The third kappa shape index (κ3) is 4.28. The Morgan fingerprint density at radius 3 is 2.40 bits per heavy atom. The lowest BCUT2D eigenvalue weighted by molar-refractivity contribution is -0.137. The van der Waals surface area contributed by atoms with Crippen molar-refractivity contribution in [1.29, 1.82) is 0 Å². The number of morpholine rings is 1. The van der Waals surface area contributed by atoms with Gasteiger partial charge >= 0.3 is 6.18 Å². The van der Waals surface area contributed by atoms with Crippen LogP contribution in [0.4, 0.5) is 13.2 Å². The predicted octanol–water partition coefficient (Wildman–Crippen LogP) is 2.37.